The number of rotatable bonds is 9. The van der Waals surface area contributed by atoms with Gasteiger partial charge in [-0.3, -0.25) is 9.59 Å². The van der Waals surface area contributed by atoms with Crippen molar-refractivity contribution in [2.45, 2.75) is 31.3 Å². The molecule has 8 heteroatoms. The lowest BCUT2D eigenvalue weighted by molar-refractivity contribution is -0.146. The predicted molar refractivity (Wildman–Crippen MR) is 123 cm³/mol. The molecule has 3 aromatic carbocycles. The van der Waals surface area contributed by atoms with Gasteiger partial charge in [0.05, 0.1) is 5.92 Å². The molecule has 0 bridgehead atoms. The molecule has 1 amide bonds. The molecule has 1 atom stereocenters. The number of aryl methyl sites for hydroxylation is 1. The van der Waals surface area contributed by atoms with Crippen LogP contribution < -0.4 is 9.50 Å². The van der Waals surface area contributed by atoms with Crippen LogP contribution in [-0.2, 0) is 31.1 Å². The molecule has 1 unspecified atom stereocenters. The standard InChI is InChI=1S/C25H25NO6S/c1-18-11-13-23(14-12-18)33(29,30)32-22-10-6-9-21(15-22)24(16-26-19(2)27)25(28)31-17-20-7-4-3-5-8-20/h3-15,24H,16-17H2,1-2H3,(H,26,27). The molecule has 1 N–H and O–H groups in total. The van der Waals surface area contributed by atoms with Gasteiger partial charge >= 0.3 is 16.1 Å². The van der Waals surface area contributed by atoms with Crippen LogP contribution in [0.1, 0.15) is 29.5 Å². The lowest BCUT2D eigenvalue weighted by Crippen LogP contribution is -2.31. The number of amides is 1. The van der Waals surface area contributed by atoms with Crippen molar-refractivity contribution >= 4 is 22.0 Å². The summed E-state index contributed by atoms with van der Waals surface area (Å²) in [7, 11) is -4.05. The van der Waals surface area contributed by atoms with Gasteiger partial charge in [-0.25, -0.2) is 0 Å². The second-order valence-corrected chi connectivity index (χ2v) is 9.05. The van der Waals surface area contributed by atoms with Gasteiger partial charge in [-0.2, -0.15) is 8.42 Å². The Labute approximate surface area is 193 Å². The third-order valence-corrected chi connectivity index (χ3v) is 6.10. The van der Waals surface area contributed by atoms with E-state index in [9.17, 15) is 18.0 Å². The van der Waals surface area contributed by atoms with E-state index in [-0.39, 0.29) is 29.7 Å². The first kappa shape index (κ1) is 24.0. The fourth-order valence-electron chi connectivity index (χ4n) is 3.08. The number of benzene rings is 3. The highest BCUT2D eigenvalue weighted by molar-refractivity contribution is 7.87. The zero-order chi connectivity index (χ0) is 23.8. The van der Waals surface area contributed by atoms with Crippen LogP contribution in [0.15, 0.2) is 83.8 Å². The van der Waals surface area contributed by atoms with Crippen LogP contribution in [0.5, 0.6) is 5.75 Å². The quantitative estimate of drug-likeness (QED) is 0.380. The topological polar surface area (TPSA) is 98.8 Å². The molecule has 33 heavy (non-hydrogen) atoms. The summed E-state index contributed by atoms with van der Waals surface area (Å²) in [5, 5.41) is 2.62. The average Bonchev–Trinajstić information content (AvgIpc) is 2.78. The lowest BCUT2D eigenvalue weighted by atomic mass is 9.99. The SMILES string of the molecule is CC(=O)NCC(C(=O)OCc1ccccc1)c1cccc(OS(=O)(=O)c2ccc(C)cc2)c1. The summed E-state index contributed by atoms with van der Waals surface area (Å²) in [5.41, 5.74) is 2.20. The first-order valence-corrected chi connectivity index (χ1v) is 11.7. The van der Waals surface area contributed by atoms with E-state index in [1.165, 1.54) is 31.2 Å². The Bertz CT molecular complexity index is 1210. The minimum Gasteiger partial charge on any atom is -0.460 e. The van der Waals surface area contributed by atoms with E-state index in [4.69, 9.17) is 8.92 Å². The summed E-state index contributed by atoms with van der Waals surface area (Å²) in [6.45, 7) is 3.28. The monoisotopic (exact) mass is 467 g/mol. The molecule has 0 aromatic heterocycles. The highest BCUT2D eigenvalue weighted by Crippen LogP contribution is 2.25. The van der Waals surface area contributed by atoms with E-state index in [0.29, 0.717) is 5.56 Å². The van der Waals surface area contributed by atoms with Crippen molar-refractivity contribution in [1.82, 2.24) is 5.32 Å². The predicted octanol–water partition coefficient (Wildman–Crippen LogP) is 3.73. The van der Waals surface area contributed by atoms with Crippen molar-refractivity contribution in [3.05, 3.63) is 95.6 Å². The Morgan fingerprint density at radius 3 is 2.30 bits per heavy atom. The van der Waals surface area contributed by atoms with Crippen LogP contribution in [0.3, 0.4) is 0 Å². The summed E-state index contributed by atoms with van der Waals surface area (Å²) in [5.74, 6) is -1.64. The summed E-state index contributed by atoms with van der Waals surface area (Å²) in [6, 6.07) is 21.7. The summed E-state index contributed by atoms with van der Waals surface area (Å²) in [6.07, 6.45) is 0. The molecule has 3 aromatic rings. The van der Waals surface area contributed by atoms with Crippen molar-refractivity contribution in [2.24, 2.45) is 0 Å². The molecular formula is C25H25NO6S. The number of hydrogen-bond donors (Lipinski definition) is 1. The second-order valence-electron chi connectivity index (χ2n) is 7.51. The van der Waals surface area contributed by atoms with Crippen LogP contribution in [0.25, 0.3) is 0 Å². The van der Waals surface area contributed by atoms with Crippen molar-refractivity contribution < 1.29 is 26.9 Å². The molecule has 0 spiro atoms. The smallest absolute Gasteiger partial charge is 0.339 e. The molecule has 0 aliphatic rings. The zero-order valence-corrected chi connectivity index (χ0v) is 19.2. The maximum atomic E-state index is 12.8. The summed E-state index contributed by atoms with van der Waals surface area (Å²) in [4.78, 5) is 24.3. The maximum Gasteiger partial charge on any atom is 0.339 e. The van der Waals surface area contributed by atoms with E-state index in [1.54, 1.807) is 24.3 Å². The molecule has 0 aliphatic heterocycles. The van der Waals surface area contributed by atoms with E-state index in [0.717, 1.165) is 11.1 Å². The fourth-order valence-corrected chi connectivity index (χ4v) is 4.00. The molecular weight excluding hydrogens is 442 g/mol. The van der Waals surface area contributed by atoms with Crippen LogP contribution in [0, 0.1) is 6.92 Å². The molecule has 3 rings (SSSR count). The summed E-state index contributed by atoms with van der Waals surface area (Å²) < 4.78 is 36.0. The van der Waals surface area contributed by atoms with Crippen molar-refractivity contribution in [3.63, 3.8) is 0 Å². The largest absolute Gasteiger partial charge is 0.460 e. The first-order chi connectivity index (χ1) is 15.7. The first-order valence-electron chi connectivity index (χ1n) is 10.3. The van der Waals surface area contributed by atoms with Gasteiger partial charge in [-0.1, -0.05) is 60.2 Å². The third kappa shape index (κ3) is 6.92. The molecule has 0 aliphatic carbocycles. The Hall–Kier alpha value is -3.65. The minimum absolute atomic E-state index is 0.00286. The number of ether oxygens (including phenoxy) is 1. The van der Waals surface area contributed by atoms with Gasteiger partial charge in [0.2, 0.25) is 5.91 Å². The van der Waals surface area contributed by atoms with Gasteiger partial charge < -0.3 is 14.2 Å². The number of nitrogens with one attached hydrogen (secondary N) is 1. The summed E-state index contributed by atoms with van der Waals surface area (Å²) >= 11 is 0. The fraction of sp³-hybridized carbons (Fsp3) is 0.200. The average molecular weight is 468 g/mol. The Morgan fingerprint density at radius 2 is 1.64 bits per heavy atom. The molecule has 172 valence electrons. The minimum atomic E-state index is -4.05. The molecule has 7 nitrogen and oxygen atoms in total. The highest BCUT2D eigenvalue weighted by Gasteiger charge is 2.24. The Balaban J connectivity index is 1.80. The molecule has 0 saturated carbocycles. The molecule has 0 fully saturated rings. The van der Waals surface area contributed by atoms with Crippen LogP contribution in [0.4, 0.5) is 0 Å². The van der Waals surface area contributed by atoms with E-state index in [2.05, 4.69) is 5.32 Å². The highest BCUT2D eigenvalue weighted by atomic mass is 32.2. The van der Waals surface area contributed by atoms with Crippen LogP contribution in [-0.4, -0.2) is 26.8 Å². The van der Waals surface area contributed by atoms with Gasteiger partial charge in [-0.05, 0) is 42.3 Å². The molecule has 0 saturated heterocycles. The molecule has 0 heterocycles. The maximum absolute atomic E-state index is 12.8. The van der Waals surface area contributed by atoms with Gasteiger partial charge in [0.15, 0.2) is 0 Å². The number of hydrogen-bond acceptors (Lipinski definition) is 6. The van der Waals surface area contributed by atoms with Gasteiger partial charge in [0, 0.05) is 13.5 Å². The van der Waals surface area contributed by atoms with Crippen molar-refractivity contribution in [2.75, 3.05) is 6.54 Å². The normalized spacial score (nSPS) is 11.9. The van der Waals surface area contributed by atoms with Gasteiger partial charge in [0.25, 0.3) is 0 Å². The van der Waals surface area contributed by atoms with Gasteiger partial charge in [-0.15, -0.1) is 0 Å². The lowest BCUT2D eigenvalue weighted by Gasteiger charge is -2.18. The van der Waals surface area contributed by atoms with Crippen molar-refractivity contribution in [1.29, 1.82) is 0 Å². The van der Waals surface area contributed by atoms with Crippen molar-refractivity contribution in [3.8, 4) is 5.75 Å². The van der Waals surface area contributed by atoms with E-state index >= 15 is 0 Å². The second kappa shape index (κ2) is 10.8. The van der Waals surface area contributed by atoms with Crippen LogP contribution in [0.2, 0.25) is 0 Å². The third-order valence-electron chi connectivity index (χ3n) is 4.84. The van der Waals surface area contributed by atoms with Gasteiger partial charge in [0.1, 0.15) is 17.3 Å². The zero-order valence-electron chi connectivity index (χ0n) is 18.4. The molecule has 0 radical (unpaired) electrons. The number of esters is 1. The number of carbonyl (C=O) groups is 2. The Morgan fingerprint density at radius 1 is 0.939 bits per heavy atom. The van der Waals surface area contributed by atoms with E-state index in [1.807, 2.05) is 37.3 Å². The van der Waals surface area contributed by atoms with Crippen LogP contribution >= 0.6 is 0 Å². The van der Waals surface area contributed by atoms with E-state index < -0.39 is 22.0 Å². The number of carbonyl (C=O) groups excluding carboxylic acids is 2. The Kier molecular flexibility index (Phi) is 7.84.